The molecule has 0 bridgehead atoms. The van der Waals surface area contributed by atoms with Gasteiger partial charge in [0.15, 0.2) is 0 Å². The highest BCUT2D eigenvalue weighted by Gasteiger charge is 2.17. The number of carboxylic acid groups (broad SMARTS) is 1. The number of benzene rings is 3. The number of carbonyl (C=O) groups excluding carboxylic acids is 2. The van der Waals surface area contributed by atoms with E-state index in [1.54, 1.807) is 24.3 Å². The monoisotopic (exact) mass is 544 g/mol. The van der Waals surface area contributed by atoms with Gasteiger partial charge < -0.3 is 21.5 Å². The molecule has 0 atom stereocenters. The van der Waals surface area contributed by atoms with Crippen molar-refractivity contribution >= 4 is 56.4 Å². The van der Waals surface area contributed by atoms with Gasteiger partial charge in [0.1, 0.15) is 5.70 Å². The number of fused-ring (bicyclic) bond motifs is 1. The molecule has 8 nitrogen and oxygen atoms in total. The van der Waals surface area contributed by atoms with Crippen molar-refractivity contribution in [1.29, 1.82) is 0 Å². The van der Waals surface area contributed by atoms with Gasteiger partial charge in [-0.25, -0.2) is 4.79 Å². The van der Waals surface area contributed by atoms with Gasteiger partial charge in [-0.3, -0.25) is 14.6 Å². The average molecular weight is 545 g/mol. The van der Waals surface area contributed by atoms with E-state index in [1.807, 2.05) is 30.3 Å². The molecular formula is C27H21BrN4O4. The molecule has 5 N–H and O–H groups in total. The van der Waals surface area contributed by atoms with Gasteiger partial charge in [0.25, 0.3) is 11.8 Å². The van der Waals surface area contributed by atoms with Gasteiger partial charge in [-0.1, -0.05) is 30.3 Å². The van der Waals surface area contributed by atoms with Gasteiger partial charge in [0, 0.05) is 33.9 Å². The van der Waals surface area contributed by atoms with Gasteiger partial charge in [-0.15, -0.1) is 0 Å². The van der Waals surface area contributed by atoms with Crippen molar-refractivity contribution in [1.82, 2.24) is 15.6 Å². The number of nitrogens with two attached hydrogens (primary N) is 1. The Morgan fingerprint density at radius 3 is 2.53 bits per heavy atom. The zero-order valence-corrected chi connectivity index (χ0v) is 20.5. The van der Waals surface area contributed by atoms with Crippen molar-refractivity contribution in [3.05, 3.63) is 111 Å². The molecule has 2 amide bonds. The molecule has 9 heteroatoms. The molecule has 180 valence electrons. The number of para-hydroxylation sites is 1. The van der Waals surface area contributed by atoms with Crippen LogP contribution in [-0.2, 0) is 11.3 Å². The third kappa shape index (κ3) is 5.94. The molecule has 0 radical (unpaired) electrons. The smallest absolute Gasteiger partial charge is 0.352 e. The van der Waals surface area contributed by atoms with Crippen molar-refractivity contribution < 1.29 is 19.5 Å². The molecule has 0 unspecified atom stereocenters. The Hall–Kier alpha value is -4.50. The number of halogens is 1. The van der Waals surface area contributed by atoms with Crippen LogP contribution in [-0.4, -0.2) is 27.9 Å². The molecule has 0 aliphatic rings. The van der Waals surface area contributed by atoms with Crippen LogP contribution in [0.4, 0.5) is 5.69 Å². The first-order chi connectivity index (χ1) is 17.3. The minimum absolute atomic E-state index is 0.172. The Labute approximate surface area is 215 Å². The van der Waals surface area contributed by atoms with Crippen LogP contribution in [0.2, 0.25) is 0 Å². The van der Waals surface area contributed by atoms with Gasteiger partial charge in [0.2, 0.25) is 0 Å². The lowest BCUT2D eigenvalue weighted by Gasteiger charge is -2.10. The van der Waals surface area contributed by atoms with Crippen molar-refractivity contribution in [2.75, 3.05) is 5.73 Å². The Morgan fingerprint density at radius 1 is 0.972 bits per heavy atom. The molecule has 0 fully saturated rings. The number of amides is 2. The summed E-state index contributed by atoms with van der Waals surface area (Å²) in [5, 5.41) is 15.7. The maximum atomic E-state index is 12.8. The van der Waals surface area contributed by atoms with E-state index >= 15 is 0 Å². The topological polar surface area (TPSA) is 134 Å². The Kier molecular flexibility index (Phi) is 7.41. The zero-order valence-electron chi connectivity index (χ0n) is 18.9. The lowest BCUT2D eigenvalue weighted by Crippen LogP contribution is -2.28. The Balaban J connectivity index is 1.48. The SMILES string of the molecule is Nc1cccc(CNC(=O)c2ccc(C(=O)NC(=Cc3cnc4ccccc4c3)C(=O)O)c(Br)c2)c1. The number of aliphatic carboxylic acids is 1. The summed E-state index contributed by atoms with van der Waals surface area (Å²) in [7, 11) is 0. The maximum absolute atomic E-state index is 12.8. The summed E-state index contributed by atoms with van der Waals surface area (Å²) in [6.45, 7) is 0.292. The van der Waals surface area contributed by atoms with E-state index in [2.05, 4.69) is 31.5 Å². The van der Waals surface area contributed by atoms with Gasteiger partial charge in [0.05, 0.1) is 11.1 Å². The van der Waals surface area contributed by atoms with E-state index in [0.29, 0.717) is 27.8 Å². The molecule has 1 heterocycles. The minimum Gasteiger partial charge on any atom is -0.477 e. The molecule has 0 spiro atoms. The van der Waals surface area contributed by atoms with E-state index in [9.17, 15) is 19.5 Å². The molecule has 0 saturated heterocycles. The summed E-state index contributed by atoms with van der Waals surface area (Å²) in [5.74, 6) is -2.28. The van der Waals surface area contributed by atoms with Gasteiger partial charge in [-0.2, -0.15) is 0 Å². The Bertz CT molecular complexity index is 1520. The minimum atomic E-state index is -1.30. The normalized spacial score (nSPS) is 11.2. The lowest BCUT2D eigenvalue weighted by atomic mass is 10.1. The van der Waals surface area contributed by atoms with Crippen LogP contribution >= 0.6 is 15.9 Å². The lowest BCUT2D eigenvalue weighted by molar-refractivity contribution is -0.132. The fourth-order valence-corrected chi connectivity index (χ4v) is 4.06. The molecule has 4 rings (SSSR count). The highest BCUT2D eigenvalue weighted by molar-refractivity contribution is 9.10. The number of hydrogen-bond acceptors (Lipinski definition) is 5. The first-order valence-corrected chi connectivity index (χ1v) is 11.6. The van der Waals surface area contributed by atoms with Crippen molar-refractivity contribution in [3.8, 4) is 0 Å². The highest BCUT2D eigenvalue weighted by atomic mass is 79.9. The molecule has 36 heavy (non-hydrogen) atoms. The summed E-state index contributed by atoms with van der Waals surface area (Å²) in [6.07, 6.45) is 2.87. The van der Waals surface area contributed by atoms with Crippen LogP contribution in [0.5, 0.6) is 0 Å². The molecule has 4 aromatic rings. The number of rotatable bonds is 7. The molecule has 0 aliphatic heterocycles. The first-order valence-electron chi connectivity index (χ1n) is 10.8. The fraction of sp³-hybridized carbons (Fsp3) is 0.0370. The third-order valence-corrected chi connectivity index (χ3v) is 5.94. The van der Waals surface area contributed by atoms with Crippen LogP contribution < -0.4 is 16.4 Å². The van der Waals surface area contributed by atoms with Gasteiger partial charge in [-0.05, 0) is 75.6 Å². The summed E-state index contributed by atoms with van der Waals surface area (Å²) in [4.78, 5) is 41.5. The quantitative estimate of drug-likeness (QED) is 0.201. The van der Waals surface area contributed by atoms with Gasteiger partial charge >= 0.3 is 5.97 Å². The van der Waals surface area contributed by atoms with E-state index in [1.165, 1.54) is 30.5 Å². The van der Waals surface area contributed by atoms with Crippen LogP contribution in [0, 0.1) is 0 Å². The van der Waals surface area contributed by atoms with Crippen molar-refractivity contribution in [2.45, 2.75) is 6.54 Å². The fourth-order valence-electron chi connectivity index (χ4n) is 3.50. The predicted molar refractivity (Wildman–Crippen MR) is 141 cm³/mol. The standard InChI is InChI=1S/C27H21BrN4O4/c28-22-13-19(25(33)31-14-16-4-3-6-20(29)11-16)8-9-21(22)26(34)32-24(27(35)36)12-17-10-18-5-1-2-7-23(18)30-15-17/h1-13,15H,14,29H2,(H,31,33)(H,32,34)(H,35,36). The van der Waals surface area contributed by atoms with Crippen LogP contribution in [0.15, 0.2) is 89.2 Å². The second-order valence-electron chi connectivity index (χ2n) is 7.90. The van der Waals surface area contributed by atoms with Crippen LogP contribution in [0.25, 0.3) is 17.0 Å². The Morgan fingerprint density at radius 2 is 1.78 bits per heavy atom. The average Bonchev–Trinajstić information content (AvgIpc) is 2.86. The first kappa shape index (κ1) is 24.6. The third-order valence-electron chi connectivity index (χ3n) is 5.28. The van der Waals surface area contributed by atoms with Crippen molar-refractivity contribution in [3.63, 3.8) is 0 Å². The predicted octanol–water partition coefficient (Wildman–Crippen LogP) is 4.37. The summed E-state index contributed by atoms with van der Waals surface area (Å²) in [5.41, 5.74) is 8.71. The number of nitrogen functional groups attached to an aromatic ring is 1. The summed E-state index contributed by atoms with van der Waals surface area (Å²) in [6, 6.07) is 20.8. The van der Waals surface area contributed by atoms with E-state index in [4.69, 9.17) is 5.73 Å². The number of carboxylic acids is 1. The maximum Gasteiger partial charge on any atom is 0.352 e. The highest BCUT2D eigenvalue weighted by Crippen LogP contribution is 2.20. The molecule has 3 aromatic carbocycles. The molecule has 0 aliphatic carbocycles. The second kappa shape index (κ2) is 10.8. The number of pyridine rings is 1. The largest absolute Gasteiger partial charge is 0.477 e. The molecule has 0 saturated carbocycles. The zero-order chi connectivity index (χ0) is 25.7. The summed E-state index contributed by atoms with van der Waals surface area (Å²) < 4.78 is 0.341. The number of aromatic nitrogens is 1. The number of nitrogens with zero attached hydrogens (tertiary/aromatic N) is 1. The van der Waals surface area contributed by atoms with Crippen LogP contribution in [0.3, 0.4) is 0 Å². The number of nitrogens with one attached hydrogen (secondary N) is 2. The van der Waals surface area contributed by atoms with E-state index in [0.717, 1.165) is 16.5 Å². The second-order valence-corrected chi connectivity index (χ2v) is 8.76. The number of anilines is 1. The number of hydrogen-bond donors (Lipinski definition) is 4. The van der Waals surface area contributed by atoms with Crippen LogP contribution in [0.1, 0.15) is 31.8 Å². The number of carbonyl (C=O) groups is 3. The summed E-state index contributed by atoms with van der Waals surface area (Å²) >= 11 is 3.31. The van der Waals surface area contributed by atoms with E-state index in [-0.39, 0.29) is 17.2 Å². The molecule has 1 aromatic heterocycles. The van der Waals surface area contributed by atoms with E-state index < -0.39 is 11.9 Å². The molecular weight excluding hydrogens is 524 g/mol. The van der Waals surface area contributed by atoms with Crippen molar-refractivity contribution in [2.24, 2.45) is 0 Å².